The Kier molecular flexibility index (Phi) is 1.84. The number of hydrogen-bond acceptors (Lipinski definition) is 1. The van der Waals surface area contributed by atoms with E-state index in [0.717, 1.165) is 27.6 Å². The topological polar surface area (TPSA) is 60.3 Å². The lowest BCUT2D eigenvalue weighted by atomic mass is 10.0. The molecule has 0 saturated carbocycles. The standard InChI is InChI=1S/C19H12N4/c1-3-7-13-10(5-1)15-12-9-20-23-17(12)16-11-6-2-4-8-14(11)22-19(16)18(15)21-13/h1-9,20,22-23H. The number of H-pyrrole nitrogens is 3. The van der Waals surface area contributed by atoms with E-state index in [0.29, 0.717) is 0 Å². The second-order valence-electron chi connectivity index (χ2n) is 5.98. The highest BCUT2D eigenvalue weighted by atomic mass is 15.1. The second kappa shape index (κ2) is 3.73. The van der Waals surface area contributed by atoms with Gasteiger partial charge in [-0.2, -0.15) is 0 Å². The van der Waals surface area contributed by atoms with Crippen molar-refractivity contribution in [2.45, 2.75) is 0 Å². The average molecular weight is 296 g/mol. The van der Waals surface area contributed by atoms with Crippen LogP contribution in [0.4, 0.5) is 0 Å². The molecule has 0 atom stereocenters. The number of benzene rings is 3. The van der Waals surface area contributed by atoms with Crippen molar-refractivity contribution < 1.29 is 0 Å². The molecular formula is C19H12N4. The van der Waals surface area contributed by atoms with Crippen LogP contribution < -0.4 is 0 Å². The van der Waals surface area contributed by atoms with Gasteiger partial charge in [0.2, 0.25) is 0 Å². The van der Waals surface area contributed by atoms with E-state index in [2.05, 4.69) is 57.6 Å². The van der Waals surface area contributed by atoms with E-state index in [4.69, 9.17) is 4.98 Å². The fourth-order valence-corrected chi connectivity index (χ4v) is 3.83. The van der Waals surface area contributed by atoms with E-state index in [9.17, 15) is 0 Å². The first-order valence-electron chi connectivity index (χ1n) is 7.68. The van der Waals surface area contributed by atoms with E-state index >= 15 is 0 Å². The number of fused-ring (bicyclic) bond motifs is 10. The largest absolute Gasteiger partial charge is 0.353 e. The van der Waals surface area contributed by atoms with Crippen molar-refractivity contribution in [3.05, 3.63) is 54.7 Å². The highest BCUT2D eigenvalue weighted by Crippen LogP contribution is 2.40. The molecule has 4 nitrogen and oxygen atoms in total. The number of rotatable bonds is 0. The highest BCUT2D eigenvalue weighted by Gasteiger charge is 2.18. The third-order valence-electron chi connectivity index (χ3n) is 4.79. The maximum atomic E-state index is 4.91. The molecular weight excluding hydrogens is 284 g/mol. The Morgan fingerprint density at radius 2 is 1.57 bits per heavy atom. The van der Waals surface area contributed by atoms with Crippen LogP contribution in [0.3, 0.4) is 0 Å². The third kappa shape index (κ3) is 1.25. The molecule has 0 radical (unpaired) electrons. The summed E-state index contributed by atoms with van der Waals surface area (Å²) in [4.78, 5) is 8.48. The van der Waals surface area contributed by atoms with Crippen LogP contribution in [0.2, 0.25) is 0 Å². The molecule has 0 aliphatic carbocycles. The molecule has 0 fully saturated rings. The summed E-state index contributed by atoms with van der Waals surface area (Å²) in [5.41, 5.74) is 5.44. The van der Waals surface area contributed by atoms with Gasteiger partial charge in [0.15, 0.2) is 0 Å². The van der Waals surface area contributed by atoms with E-state index in [1.807, 2.05) is 12.3 Å². The zero-order valence-electron chi connectivity index (χ0n) is 12.1. The summed E-state index contributed by atoms with van der Waals surface area (Å²) in [6.07, 6.45) is 2.03. The number of nitrogens with zero attached hydrogens (tertiary/aromatic N) is 1. The number of nitrogens with one attached hydrogen (secondary N) is 3. The first kappa shape index (κ1) is 11.3. The van der Waals surface area contributed by atoms with Crippen LogP contribution >= 0.6 is 0 Å². The van der Waals surface area contributed by atoms with Crippen LogP contribution in [0.5, 0.6) is 0 Å². The Balaban J connectivity index is 2.07. The SMILES string of the molecule is c1ccc2c(c1)nc1c3[nH]c4ccccc4c3c3[nH][nH]cc3c21. The van der Waals surface area contributed by atoms with E-state index in [1.165, 1.54) is 26.9 Å². The Morgan fingerprint density at radius 1 is 0.739 bits per heavy atom. The van der Waals surface area contributed by atoms with Crippen LogP contribution in [0.1, 0.15) is 0 Å². The lowest BCUT2D eigenvalue weighted by Crippen LogP contribution is -1.77. The number of hydrogen-bond donors (Lipinski definition) is 3. The Labute approximate surface area is 130 Å². The number of aromatic amines is 3. The summed E-state index contributed by atoms with van der Waals surface area (Å²) < 4.78 is 0. The van der Waals surface area contributed by atoms with Crippen LogP contribution in [-0.2, 0) is 0 Å². The molecule has 0 amide bonds. The first-order chi connectivity index (χ1) is 11.4. The normalized spacial score (nSPS) is 12.3. The Bertz CT molecular complexity index is 1260. The minimum absolute atomic E-state index is 1.04. The zero-order chi connectivity index (χ0) is 15.0. The van der Waals surface area contributed by atoms with Crippen molar-refractivity contribution in [2.24, 2.45) is 0 Å². The Morgan fingerprint density at radius 3 is 2.52 bits per heavy atom. The summed E-state index contributed by atoms with van der Waals surface area (Å²) >= 11 is 0. The van der Waals surface area contributed by atoms with Crippen LogP contribution in [0.15, 0.2) is 54.7 Å². The molecule has 0 bridgehead atoms. The maximum absolute atomic E-state index is 4.91. The molecule has 3 N–H and O–H groups in total. The number of aromatic nitrogens is 4. The molecule has 3 heterocycles. The van der Waals surface area contributed by atoms with E-state index in [-0.39, 0.29) is 0 Å². The molecule has 3 aromatic heterocycles. The van der Waals surface area contributed by atoms with Crippen molar-refractivity contribution in [1.82, 2.24) is 20.2 Å². The van der Waals surface area contributed by atoms with Crippen LogP contribution in [0.25, 0.3) is 54.5 Å². The van der Waals surface area contributed by atoms with Gasteiger partial charge in [-0.1, -0.05) is 36.4 Å². The van der Waals surface area contributed by atoms with Crippen molar-refractivity contribution in [3.63, 3.8) is 0 Å². The van der Waals surface area contributed by atoms with Crippen LogP contribution in [0, 0.1) is 0 Å². The smallest absolute Gasteiger partial charge is 0.0965 e. The lowest BCUT2D eigenvalue weighted by Gasteiger charge is -1.98. The van der Waals surface area contributed by atoms with Crippen LogP contribution in [-0.4, -0.2) is 20.2 Å². The van der Waals surface area contributed by atoms with Gasteiger partial charge in [-0.25, -0.2) is 4.98 Å². The molecule has 4 heteroatoms. The molecule has 3 aromatic carbocycles. The number of para-hydroxylation sites is 2. The summed E-state index contributed by atoms with van der Waals surface area (Å²) in [7, 11) is 0. The predicted octanol–water partition coefficient (Wildman–Crippen LogP) is 4.83. The van der Waals surface area contributed by atoms with Gasteiger partial charge in [0.1, 0.15) is 0 Å². The lowest BCUT2D eigenvalue weighted by molar-refractivity contribution is 1.12. The molecule has 0 aliphatic heterocycles. The highest BCUT2D eigenvalue weighted by molar-refractivity contribution is 6.34. The van der Waals surface area contributed by atoms with Crippen molar-refractivity contribution in [3.8, 4) is 0 Å². The Hall–Kier alpha value is -3.27. The van der Waals surface area contributed by atoms with Crippen molar-refractivity contribution in [2.75, 3.05) is 0 Å². The molecule has 0 saturated heterocycles. The van der Waals surface area contributed by atoms with Crippen molar-refractivity contribution >= 4 is 54.5 Å². The van der Waals surface area contributed by atoms with E-state index < -0.39 is 0 Å². The molecule has 6 rings (SSSR count). The molecule has 6 aromatic rings. The van der Waals surface area contributed by atoms with Crippen molar-refractivity contribution in [1.29, 1.82) is 0 Å². The summed E-state index contributed by atoms with van der Waals surface area (Å²) in [6, 6.07) is 16.7. The third-order valence-corrected chi connectivity index (χ3v) is 4.79. The van der Waals surface area contributed by atoms with Gasteiger partial charge in [-0.3, -0.25) is 0 Å². The summed E-state index contributed by atoms with van der Waals surface area (Å²) in [6.45, 7) is 0. The van der Waals surface area contributed by atoms with Gasteiger partial charge >= 0.3 is 0 Å². The second-order valence-corrected chi connectivity index (χ2v) is 5.98. The maximum Gasteiger partial charge on any atom is 0.0965 e. The molecule has 23 heavy (non-hydrogen) atoms. The predicted molar refractivity (Wildman–Crippen MR) is 94.8 cm³/mol. The summed E-state index contributed by atoms with van der Waals surface area (Å²) in [5, 5.41) is 12.5. The minimum Gasteiger partial charge on any atom is -0.353 e. The van der Waals surface area contributed by atoms with Gasteiger partial charge in [-0.05, 0) is 12.1 Å². The van der Waals surface area contributed by atoms with Gasteiger partial charge in [0.05, 0.1) is 22.1 Å². The minimum atomic E-state index is 1.04. The first-order valence-corrected chi connectivity index (χ1v) is 7.68. The quantitative estimate of drug-likeness (QED) is 0.369. The molecule has 0 unspecified atom stereocenters. The zero-order valence-corrected chi connectivity index (χ0v) is 12.1. The van der Waals surface area contributed by atoms with Gasteiger partial charge < -0.3 is 15.2 Å². The average Bonchev–Trinajstić information content (AvgIpc) is 3.28. The fraction of sp³-hybridized carbons (Fsp3) is 0. The molecule has 0 spiro atoms. The van der Waals surface area contributed by atoms with Gasteiger partial charge in [0.25, 0.3) is 0 Å². The summed E-state index contributed by atoms with van der Waals surface area (Å²) in [5.74, 6) is 0. The molecule has 0 aliphatic rings. The monoisotopic (exact) mass is 296 g/mol. The molecule has 108 valence electrons. The fourth-order valence-electron chi connectivity index (χ4n) is 3.83. The van der Waals surface area contributed by atoms with Gasteiger partial charge in [-0.15, -0.1) is 0 Å². The van der Waals surface area contributed by atoms with Gasteiger partial charge in [0, 0.05) is 38.6 Å². The van der Waals surface area contributed by atoms with E-state index in [1.54, 1.807) is 0 Å².